The molecule has 4 heteroatoms. The number of amides is 1. The zero-order valence-corrected chi connectivity index (χ0v) is 12.0. The van der Waals surface area contributed by atoms with E-state index in [1.54, 1.807) is 12.1 Å². The van der Waals surface area contributed by atoms with Crippen LogP contribution in [0.2, 0.25) is 5.02 Å². The van der Waals surface area contributed by atoms with Crippen molar-refractivity contribution < 1.29 is 9.90 Å². The fourth-order valence-corrected chi connectivity index (χ4v) is 2.79. The van der Waals surface area contributed by atoms with Gasteiger partial charge in [0.1, 0.15) is 0 Å². The first-order chi connectivity index (χ1) is 9.13. The lowest BCUT2D eigenvalue weighted by Crippen LogP contribution is -2.35. The van der Waals surface area contributed by atoms with Crippen LogP contribution in [-0.2, 0) is 0 Å². The first-order valence-corrected chi connectivity index (χ1v) is 7.19. The molecular weight excluding hydrogens is 262 g/mol. The maximum absolute atomic E-state index is 12.5. The summed E-state index contributed by atoms with van der Waals surface area (Å²) in [7, 11) is 0. The SMILES string of the molecule is Cc1cc(C(=O)N2CCCC2CCCO)ccc1Cl. The van der Waals surface area contributed by atoms with Crippen molar-refractivity contribution >= 4 is 17.5 Å². The third-order valence-corrected chi connectivity index (χ3v) is 4.16. The molecule has 1 aromatic rings. The van der Waals surface area contributed by atoms with Gasteiger partial charge in [-0.15, -0.1) is 0 Å². The highest BCUT2D eigenvalue weighted by Crippen LogP contribution is 2.25. The van der Waals surface area contributed by atoms with Crippen LogP contribution >= 0.6 is 11.6 Å². The third kappa shape index (κ3) is 3.28. The Labute approximate surface area is 119 Å². The molecule has 0 spiro atoms. The van der Waals surface area contributed by atoms with Crippen molar-refractivity contribution in [3.8, 4) is 0 Å². The molecule has 0 bridgehead atoms. The average Bonchev–Trinajstić information content (AvgIpc) is 2.87. The van der Waals surface area contributed by atoms with Gasteiger partial charge in [0.2, 0.25) is 0 Å². The van der Waals surface area contributed by atoms with Crippen LogP contribution in [0, 0.1) is 6.92 Å². The molecule has 104 valence electrons. The molecule has 1 fully saturated rings. The number of carbonyl (C=O) groups is 1. The molecule has 0 radical (unpaired) electrons. The van der Waals surface area contributed by atoms with Crippen molar-refractivity contribution in [1.29, 1.82) is 0 Å². The van der Waals surface area contributed by atoms with Gasteiger partial charge in [0, 0.05) is 29.8 Å². The molecule has 1 aromatic carbocycles. The van der Waals surface area contributed by atoms with Crippen molar-refractivity contribution in [2.75, 3.05) is 13.2 Å². The van der Waals surface area contributed by atoms with E-state index in [1.807, 2.05) is 17.9 Å². The lowest BCUT2D eigenvalue weighted by atomic mass is 10.1. The topological polar surface area (TPSA) is 40.5 Å². The highest BCUT2D eigenvalue weighted by Gasteiger charge is 2.28. The summed E-state index contributed by atoms with van der Waals surface area (Å²) in [5.74, 6) is 0.0835. The first-order valence-electron chi connectivity index (χ1n) is 6.81. The summed E-state index contributed by atoms with van der Waals surface area (Å²) in [4.78, 5) is 14.4. The number of benzene rings is 1. The Balaban J connectivity index is 2.11. The molecule has 3 nitrogen and oxygen atoms in total. The van der Waals surface area contributed by atoms with Crippen LogP contribution in [0.1, 0.15) is 41.6 Å². The minimum absolute atomic E-state index is 0.0835. The van der Waals surface area contributed by atoms with Crippen LogP contribution in [0.4, 0.5) is 0 Å². The smallest absolute Gasteiger partial charge is 0.254 e. The number of rotatable bonds is 4. The van der Waals surface area contributed by atoms with Gasteiger partial charge in [-0.2, -0.15) is 0 Å². The fraction of sp³-hybridized carbons (Fsp3) is 0.533. The van der Waals surface area contributed by atoms with E-state index in [0.29, 0.717) is 10.6 Å². The van der Waals surface area contributed by atoms with Crippen molar-refractivity contribution in [3.63, 3.8) is 0 Å². The van der Waals surface area contributed by atoms with Crippen molar-refractivity contribution in [2.24, 2.45) is 0 Å². The number of aliphatic hydroxyl groups is 1. The molecular formula is C15H20ClNO2. The summed E-state index contributed by atoms with van der Waals surface area (Å²) in [5, 5.41) is 9.61. The molecule has 1 atom stereocenters. The quantitative estimate of drug-likeness (QED) is 0.922. The Kier molecular flexibility index (Phi) is 4.83. The highest BCUT2D eigenvalue weighted by molar-refractivity contribution is 6.31. The minimum Gasteiger partial charge on any atom is -0.396 e. The summed E-state index contributed by atoms with van der Waals surface area (Å²) in [6, 6.07) is 5.70. The van der Waals surface area contributed by atoms with E-state index in [4.69, 9.17) is 16.7 Å². The van der Waals surface area contributed by atoms with E-state index >= 15 is 0 Å². The zero-order valence-electron chi connectivity index (χ0n) is 11.2. The lowest BCUT2D eigenvalue weighted by molar-refractivity contribution is 0.0724. The first kappa shape index (κ1) is 14.4. The Bertz CT molecular complexity index is 461. The van der Waals surface area contributed by atoms with Crippen LogP contribution in [0.5, 0.6) is 0 Å². The number of hydrogen-bond donors (Lipinski definition) is 1. The number of hydrogen-bond acceptors (Lipinski definition) is 2. The number of nitrogens with zero attached hydrogens (tertiary/aromatic N) is 1. The Morgan fingerprint density at radius 1 is 1.53 bits per heavy atom. The minimum atomic E-state index is 0.0835. The second-order valence-electron chi connectivity index (χ2n) is 5.12. The van der Waals surface area contributed by atoms with Gasteiger partial charge in [-0.05, 0) is 56.4 Å². The van der Waals surface area contributed by atoms with E-state index < -0.39 is 0 Å². The molecule has 2 rings (SSSR count). The summed E-state index contributed by atoms with van der Waals surface area (Å²) in [5.41, 5.74) is 1.64. The van der Waals surface area contributed by atoms with Gasteiger partial charge in [-0.3, -0.25) is 4.79 Å². The molecule has 1 amide bonds. The molecule has 1 aliphatic heterocycles. The van der Waals surface area contributed by atoms with Gasteiger partial charge in [-0.1, -0.05) is 11.6 Å². The van der Waals surface area contributed by atoms with E-state index in [2.05, 4.69) is 0 Å². The molecule has 19 heavy (non-hydrogen) atoms. The summed E-state index contributed by atoms with van der Waals surface area (Å²) < 4.78 is 0. The van der Waals surface area contributed by atoms with E-state index in [9.17, 15) is 4.79 Å². The predicted molar refractivity (Wildman–Crippen MR) is 76.6 cm³/mol. The summed E-state index contributed by atoms with van der Waals surface area (Å²) in [6.45, 7) is 2.92. The normalized spacial score (nSPS) is 18.9. The number of carbonyl (C=O) groups excluding carboxylic acids is 1. The molecule has 1 saturated heterocycles. The third-order valence-electron chi connectivity index (χ3n) is 3.74. The van der Waals surface area contributed by atoms with Gasteiger partial charge in [0.15, 0.2) is 0 Å². The van der Waals surface area contributed by atoms with Gasteiger partial charge >= 0.3 is 0 Å². The predicted octanol–water partition coefficient (Wildman–Crippen LogP) is 3.03. The zero-order chi connectivity index (χ0) is 13.8. The molecule has 1 N–H and O–H groups in total. The van der Waals surface area contributed by atoms with Crippen LogP contribution < -0.4 is 0 Å². The summed E-state index contributed by atoms with van der Waals surface area (Å²) >= 11 is 5.99. The maximum atomic E-state index is 12.5. The van der Waals surface area contributed by atoms with E-state index in [-0.39, 0.29) is 18.6 Å². The number of likely N-dealkylation sites (tertiary alicyclic amines) is 1. The molecule has 0 aliphatic carbocycles. The monoisotopic (exact) mass is 281 g/mol. The maximum Gasteiger partial charge on any atom is 0.254 e. The van der Waals surface area contributed by atoms with E-state index in [0.717, 1.165) is 37.8 Å². The van der Waals surface area contributed by atoms with Crippen LogP contribution in [-0.4, -0.2) is 35.1 Å². The standard InChI is InChI=1S/C15H20ClNO2/c1-11-10-12(6-7-14(11)16)15(19)17-8-2-4-13(17)5-3-9-18/h6-7,10,13,18H,2-5,8-9H2,1H3. The van der Waals surface area contributed by atoms with Crippen molar-refractivity contribution in [1.82, 2.24) is 4.90 Å². The molecule has 1 heterocycles. The Morgan fingerprint density at radius 2 is 2.32 bits per heavy atom. The average molecular weight is 282 g/mol. The van der Waals surface area contributed by atoms with Gasteiger partial charge < -0.3 is 10.0 Å². The second-order valence-corrected chi connectivity index (χ2v) is 5.53. The molecule has 0 aromatic heterocycles. The second kappa shape index (κ2) is 6.40. The van der Waals surface area contributed by atoms with Crippen molar-refractivity contribution in [3.05, 3.63) is 34.3 Å². The van der Waals surface area contributed by atoms with Gasteiger partial charge in [-0.25, -0.2) is 0 Å². The number of aliphatic hydroxyl groups excluding tert-OH is 1. The van der Waals surface area contributed by atoms with Gasteiger partial charge in [0.25, 0.3) is 5.91 Å². The Morgan fingerprint density at radius 3 is 3.00 bits per heavy atom. The van der Waals surface area contributed by atoms with Crippen LogP contribution in [0.25, 0.3) is 0 Å². The fourth-order valence-electron chi connectivity index (χ4n) is 2.67. The van der Waals surface area contributed by atoms with Crippen LogP contribution in [0.3, 0.4) is 0 Å². The summed E-state index contributed by atoms with van der Waals surface area (Å²) in [6.07, 6.45) is 3.73. The van der Waals surface area contributed by atoms with Gasteiger partial charge in [0.05, 0.1) is 0 Å². The Hall–Kier alpha value is -1.06. The lowest BCUT2D eigenvalue weighted by Gasteiger charge is -2.25. The molecule has 0 saturated carbocycles. The molecule has 1 aliphatic rings. The van der Waals surface area contributed by atoms with Crippen LogP contribution in [0.15, 0.2) is 18.2 Å². The number of aryl methyl sites for hydroxylation is 1. The van der Waals surface area contributed by atoms with Crippen molar-refractivity contribution in [2.45, 2.75) is 38.6 Å². The molecule has 1 unspecified atom stereocenters. The largest absolute Gasteiger partial charge is 0.396 e. The highest BCUT2D eigenvalue weighted by atomic mass is 35.5. The number of halogens is 1. The van der Waals surface area contributed by atoms with E-state index in [1.165, 1.54) is 0 Å².